The number of benzene rings is 2. The van der Waals surface area contributed by atoms with Gasteiger partial charge in [-0.3, -0.25) is 9.59 Å². The third-order valence-electron chi connectivity index (χ3n) is 4.86. The predicted octanol–water partition coefficient (Wildman–Crippen LogP) is 3.86. The summed E-state index contributed by atoms with van der Waals surface area (Å²) in [5, 5.41) is 0. The predicted molar refractivity (Wildman–Crippen MR) is 113 cm³/mol. The number of amides is 1. The highest BCUT2D eigenvalue weighted by atomic mass is 16.5. The molecule has 150 valence electrons. The molecule has 3 rings (SSSR count). The van der Waals surface area contributed by atoms with Crippen LogP contribution in [-0.4, -0.2) is 35.0 Å². The molecule has 1 atom stereocenters. The number of rotatable bonds is 8. The molecule has 0 saturated heterocycles. The van der Waals surface area contributed by atoms with Gasteiger partial charge in [-0.1, -0.05) is 49.4 Å². The molecular weight excluding hydrogens is 364 g/mol. The van der Waals surface area contributed by atoms with Crippen LogP contribution in [0.3, 0.4) is 0 Å². The quantitative estimate of drug-likeness (QED) is 0.549. The highest BCUT2D eigenvalue weighted by Gasteiger charge is 2.22. The Labute approximate surface area is 171 Å². The number of carbonyl (C=O) groups is 2. The first kappa shape index (κ1) is 20.4. The highest BCUT2D eigenvalue weighted by molar-refractivity contribution is 5.80. The standard InChI is InChI=1S/C24H26N2O3/c1-19(24(28)29-2)17-26(18-21-8-4-3-5-9-21)23(27)16-20-10-12-22(13-11-20)25-14-6-7-15-25/h3-15,19H,16-18H2,1-2H3. The fraction of sp³-hybridized carbons (Fsp3) is 0.250. The Kier molecular flexibility index (Phi) is 6.85. The molecule has 0 N–H and O–H groups in total. The molecule has 0 saturated carbocycles. The van der Waals surface area contributed by atoms with Gasteiger partial charge in [0.1, 0.15) is 0 Å². The first-order chi connectivity index (χ1) is 14.1. The van der Waals surface area contributed by atoms with Crippen molar-refractivity contribution in [3.05, 3.63) is 90.3 Å². The number of hydrogen-bond donors (Lipinski definition) is 0. The van der Waals surface area contributed by atoms with E-state index in [4.69, 9.17) is 4.74 Å². The largest absolute Gasteiger partial charge is 0.469 e. The lowest BCUT2D eigenvalue weighted by Crippen LogP contribution is -2.37. The van der Waals surface area contributed by atoms with Crippen molar-refractivity contribution in [2.75, 3.05) is 13.7 Å². The van der Waals surface area contributed by atoms with Crippen LogP contribution >= 0.6 is 0 Å². The number of ether oxygens (including phenoxy) is 1. The van der Waals surface area contributed by atoms with Gasteiger partial charge in [-0.2, -0.15) is 0 Å². The molecule has 0 aliphatic rings. The Balaban J connectivity index is 1.72. The zero-order valence-electron chi connectivity index (χ0n) is 16.8. The number of esters is 1. The molecule has 1 amide bonds. The smallest absolute Gasteiger partial charge is 0.310 e. The van der Waals surface area contributed by atoms with Crippen LogP contribution in [0.4, 0.5) is 0 Å². The van der Waals surface area contributed by atoms with E-state index >= 15 is 0 Å². The SMILES string of the molecule is COC(=O)C(C)CN(Cc1ccccc1)C(=O)Cc1ccc(-n2cccc2)cc1. The van der Waals surface area contributed by atoms with Crippen molar-refractivity contribution in [3.8, 4) is 5.69 Å². The average molecular weight is 390 g/mol. The van der Waals surface area contributed by atoms with E-state index in [1.54, 1.807) is 11.8 Å². The van der Waals surface area contributed by atoms with Crippen molar-refractivity contribution in [3.63, 3.8) is 0 Å². The number of hydrogen-bond acceptors (Lipinski definition) is 3. The van der Waals surface area contributed by atoms with Gasteiger partial charge >= 0.3 is 5.97 Å². The van der Waals surface area contributed by atoms with Crippen LogP contribution in [0.15, 0.2) is 79.1 Å². The summed E-state index contributed by atoms with van der Waals surface area (Å²) >= 11 is 0. The second-order valence-electron chi connectivity index (χ2n) is 7.12. The van der Waals surface area contributed by atoms with Crippen molar-refractivity contribution in [2.24, 2.45) is 5.92 Å². The Morgan fingerprint density at radius 1 is 0.931 bits per heavy atom. The second-order valence-corrected chi connectivity index (χ2v) is 7.12. The first-order valence-corrected chi connectivity index (χ1v) is 9.68. The summed E-state index contributed by atoms with van der Waals surface area (Å²) in [5.74, 6) is -0.714. The summed E-state index contributed by atoms with van der Waals surface area (Å²) in [6, 6.07) is 21.7. The molecule has 3 aromatic rings. The molecule has 0 aliphatic heterocycles. The molecule has 1 aromatic heterocycles. The Morgan fingerprint density at radius 2 is 1.59 bits per heavy atom. The lowest BCUT2D eigenvalue weighted by atomic mass is 10.1. The minimum Gasteiger partial charge on any atom is -0.469 e. The van der Waals surface area contributed by atoms with Crippen molar-refractivity contribution < 1.29 is 14.3 Å². The summed E-state index contributed by atoms with van der Waals surface area (Å²) in [6.45, 7) is 2.56. The molecule has 0 radical (unpaired) electrons. The maximum absolute atomic E-state index is 13.0. The first-order valence-electron chi connectivity index (χ1n) is 9.68. The Hall–Kier alpha value is -3.34. The summed E-state index contributed by atoms with van der Waals surface area (Å²) in [6.07, 6.45) is 4.25. The van der Waals surface area contributed by atoms with Crippen LogP contribution in [-0.2, 0) is 27.3 Å². The van der Waals surface area contributed by atoms with E-state index in [1.165, 1.54) is 7.11 Å². The summed E-state index contributed by atoms with van der Waals surface area (Å²) in [7, 11) is 1.37. The number of carbonyl (C=O) groups excluding carboxylic acids is 2. The lowest BCUT2D eigenvalue weighted by molar-refractivity contribution is -0.146. The third-order valence-corrected chi connectivity index (χ3v) is 4.86. The van der Waals surface area contributed by atoms with Gasteiger partial charge in [0.2, 0.25) is 5.91 Å². The van der Waals surface area contributed by atoms with Crippen molar-refractivity contribution in [1.29, 1.82) is 0 Å². The maximum Gasteiger partial charge on any atom is 0.310 e. The number of nitrogens with zero attached hydrogens (tertiary/aromatic N) is 2. The van der Waals surface area contributed by atoms with Gasteiger partial charge in [0.25, 0.3) is 0 Å². The second kappa shape index (κ2) is 9.73. The Morgan fingerprint density at radius 3 is 2.21 bits per heavy atom. The monoisotopic (exact) mass is 390 g/mol. The molecule has 0 bridgehead atoms. The molecular formula is C24H26N2O3. The van der Waals surface area contributed by atoms with Crippen LogP contribution < -0.4 is 0 Å². The minimum atomic E-state index is -0.385. The molecule has 2 aromatic carbocycles. The normalized spacial score (nSPS) is 11.7. The molecule has 1 heterocycles. The van der Waals surface area contributed by atoms with Gasteiger partial charge < -0.3 is 14.2 Å². The van der Waals surface area contributed by atoms with Crippen molar-refractivity contribution in [1.82, 2.24) is 9.47 Å². The topological polar surface area (TPSA) is 51.5 Å². The van der Waals surface area contributed by atoms with E-state index in [0.29, 0.717) is 13.1 Å². The molecule has 29 heavy (non-hydrogen) atoms. The van der Waals surface area contributed by atoms with Crippen molar-refractivity contribution in [2.45, 2.75) is 19.9 Å². The van der Waals surface area contributed by atoms with E-state index in [9.17, 15) is 9.59 Å². The van der Waals surface area contributed by atoms with Crippen LogP contribution in [0.25, 0.3) is 5.69 Å². The molecule has 5 heteroatoms. The van der Waals surface area contributed by atoms with E-state index in [-0.39, 0.29) is 24.2 Å². The molecule has 0 fully saturated rings. The van der Waals surface area contributed by atoms with Gasteiger partial charge in [0.15, 0.2) is 0 Å². The summed E-state index contributed by atoms with van der Waals surface area (Å²) in [4.78, 5) is 26.6. The highest BCUT2D eigenvalue weighted by Crippen LogP contribution is 2.14. The van der Waals surface area contributed by atoms with E-state index in [1.807, 2.05) is 83.7 Å². The van der Waals surface area contributed by atoms with E-state index in [2.05, 4.69) is 0 Å². The van der Waals surface area contributed by atoms with Gasteiger partial charge in [-0.25, -0.2) is 0 Å². The van der Waals surface area contributed by atoms with Crippen LogP contribution in [0.1, 0.15) is 18.1 Å². The average Bonchev–Trinajstić information content (AvgIpc) is 3.28. The van der Waals surface area contributed by atoms with Crippen LogP contribution in [0, 0.1) is 5.92 Å². The Bertz CT molecular complexity index is 919. The summed E-state index contributed by atoms with van der Waals surface area (Å²) in [5.41, 5.74) is 3.02. The fourth-order valence-corrected chi connectivity index (χ4v) is 3.24. The third kappa shape index (κ3) is 5.57. The molecule has 1 unspecified atom stereocenters. The van der Waals surface area contributed by atoms with Gasteiger partial charge in [-0.15, -0.1) is 0 Å². The van der Waals surface area contributed by atoms with Crippen molar-refractivity contribution >= 4 is 11.9 Å². The number of methoxy groups -OCH3 is 1. The maximum atomic E-state index is 13.0. The molecule has 0 aliphatic carbocycles. The number of aromatic nitrogens is 1. The fourth-order valence-electron chi connectivity index (χ4n) is 3.24. The van der Waals surface area contributed by atoms with Crippen LogP contribution in [0.2, 0.25) is 0 Å². The van der Waals surface area contributed by atoms with E-state index in [0.717, 1.165) is 16.8 Å². The lowest BCUT2D eigenvalue weighted by Gasteiger charge is -2.25. The summed E-state index contributed by atoms with van der Waals surface area (Å²) < 4.78 is 6.85. The zero-order chi connectivity index (χ0) is 20.6. The molecule has 5 nitrogen and oxygen atoms in total. The molecule has 0 spiro atoms. The van der Waals surface area contributed by atoms with Gasteiger partial charge in [0, 0.05) is 31.2 Å². The van der Waals surface area contributed by atoms with Gasteiger partial charge in [0.05, 0.1) is 19.4 Å². The minimum absolute atomic E-state index is 0.0154. The van der Waals surface area contributed by atoms with E-state index < -0.39 is 0 Å². The van der Waals surface area contributed by atoms with Crippen LogP contribution in [0.5, 0.6) is 0 Å². The van der Waals surface area contributed by atoms with Gasteiger partial charge in [-0.05, 0) is 35.4 Å². The zero-order valence-corrected chi connectivity index (χ0v) is 16.8.